The lowest BCUT2D eigenvalue weighted by molar-refractivity contribution is -0.330. The van der Waals surface area contributed by atoms with E-state index in [0.29, 0.717) is 5.56 Å². The number of hydrogen-bond donors (Lipinski definition) is 9. The van der Waals surface area contributed by atoms with E-state index in [9.17, 15) is 55.5 Å². The van der Waals surface area contributed by atoms with Gasteiger partial charge in [-0.1, -0.05) is 32.4 Å². The number of benzene rings is 1. The van der Waals surface area contributed by atoms with Gasteiger partial charge in [-0.25, -0.2) is 4.79 Å². The molecule has 12 unspecified atom stereocenters. The Morgan fingerprint density at radius 1 is 0.837 bits per heavy atom. The Hall–Kier alpha value is -2.48. The molecule has 16 nitrogen and oxygen atoms in total. The van der Waals surface area contributed by atoms with Gasteiger partial charge in [-0.05, 0) is 23.6 Å². The smallest absolute Gasteiger partial charge is 0.339 e. The quantitative estimate of drug-likeness (QED) is 0.0994. The van der Waals surface area contributed by atoms with Crippen molar-refractivity contribution in [3.05, 3.63) is 29.8 Å². The van der Waals surface area contributed by atoms with Crippen LogP contribution >= 0.6 is 0 Å². The van der Waals surface area contributed by atoms with Crippen LogP contribution in [0.5, 0.6) is 5.75 Å². The fraction of sp³-hybridized carbons (Fsp3) is 0.704. The first-order valence-electron chi connectivity index (χ1n) is 13.7. The third kappa shape index (κ3) is 7.79. The van der Waals surface area contributed by atoms with E-state index in [1.54, 1.807) is 6.92 Å². The molecule has 3 rings (SSSR count). The molecule has 12 atom stereocenters. The minimum atomic E-state index is -2.21. The maximum Gasteiger partial charge on any atom is 0.339 e. The number of aliphatic hydroxyl groups is 8. The van der Waals surface area contributed by atoms with Crippen LogP contribution in [0, 0.1) is 5.92 Å². The Bertz CT molecular complexity index is 1050. The molecule has 0 aliphatic carbocycles. The average molecular weight is 621 g/mol. The second-order valence-corrected chi connectivity index (χ2v) is 10.6. The molecule has 16 heteroatoms. The first-order valence-corrected chi connectivity index (χ1v) is 13.7. The maximum atomic E-state index is 13.5. The molecule has 0 aromatic heterocycles. The minimum Gasteiger partial charge on any atom is -0.481 e. The second-order valence-electron chi connectivity index (χ2n) is 10.6. The standard InChI is InChI=1S/C27H40O16/c1-3-12(2)27(8-17(30)31,43-25-23(37)21(35)19(33)16(10-29)42-25)26(38)39-11-13-4-6-14(7-5-13)40-24-22(36)20(34)18(32)15(9-28)41-24/h4-7,12,15-16,18-25,28-29,32-37H,3,8-11H2,1-2H3,(H,30,31). The largest absolute Gasteiger partial charge is 0.481 e. The second kappa shape index (κ2) is 15.0. The Kier molecular flexibility index (Phi) is 12.2. The zero-order valence-corrected chi connectivity index (χ0v) is 23.6. The first-order chi connectivity index (χ1) is 20.3. The molecule has 0 spiro atoms. The summed E-state index contributed by atoms with van der Waals surface area (Å²) in [6, 6.07) is 5.81. The van der Waals surface area contributed by atoms with Crippen molar-refractivity contribution in [2.24, 2.45) is 5.92 Å². The number of hydrogen-bond acceptors (Lipinski definition) is 15. The number of carboxylic acids is 1. The van der Waals surface area contributed by atoms with Gasteiger partial charge >= 0.3 is 11.9 Å². The summed E-state index contributed by atoms with van der Waals surface area (Å²) in [5.41, 5.74) is -1.80. The zero-order chi connectivity index (χ0) is 32.1. The fourth-order valence-electron chi connectivity index (χ4n) is 4.81. The van der Waals surface area contributed by atoms with Crippen molar-refractivity contribution in [1.82, 2.24) is 0 Å². The van der Waals surface area contributed by atoms with Gasteiger partial charge in [0.05, 0.1) is 19.6 Å². The number of esters is 1. The van der Waals surface area contributed by atoms with Gasteiger partial charge in [0.15, 0.2) is 11.9 Å². The van der Waals surface area contributed by atoms with Crippen molar-refractivity contribution in [1.29, 1.82) is 0 Å². The van der Waals surface area contributed by atoms with Crippen molar-refractivity contribution in [2.75, 3.05) is 13.2 Å². The molecule has 2 aliphatic rings. The lowest BCUT2D eigenvalue weighted by Gasteiger charge is -2.44. The van der Waals surface area contributed by atoms with Crippen LogP contribution in [-0.2, 0) is 35.1 Å². The summed E-state index contributed by atoms with van der Waals surface area (Å²) < 4.78 is 27.4. The Labute approximate surface area is 246 Å². The number of rotatable bonds is 13. The molecule has 0 bridgehead atoms. The summed E-state index contributed by atoms with van der Waals surface area (Å²) in [5, 5.41) is 89.2. The molecule has 244 valence electrons. The van der Waals surface area contributed by atoms with Gasteiger partial charge in [-0.15, -0.1) is 0 Å². The lowest BCUT2D eigenvalue weighted by Crippen LogP contribution is -2.63. The van der Waals surface area contributed by atoms with Crippen molar-refractivity contribution in [3.63, 3.8) is 0 Å². The molecular weight excluding hydrogens is 580 g/mol. The van der Waals surface area contributed by atoms with Crippen LogP contribution in [0.3, 0.4) is 0 Å². The summed E-state index contributed by atoms with van der Waals surface area (Å²) in [5.74, 6) is -3.19. The van der Waals surface area contributed by atoms with Crippen molar-refractivity contribution >= 4 is 11.9 Å². The topological polar surface area (TPSA) is 262 Å². The van der Waals surface area contributed by atoms with Gasteiger partial charge < -0.3 is 69.6 Å². The molecule has 2 heterocycles. The first kappa shape index (κ1) is 35.0. The zero-order valence-electron chi connectivity index (χ0n) is 23.6. The Balaban J connectivity index is 1.74. The van der Waals surface area contributed by atoms with E-state index in [-0.39, 0.29) is 18.8 Å². The number of carbonyl (C=O) groups excluding carboxylic acids is 1. The maximum absolute atomic E-state index is 13.5. The summed E-state index contributed by atoms with van der Waals surface area (Å²) in [6.07, 6.45) is -16.6. The van der Waals surface area contributed by atoms with Crippen LogP contribution in [0.4, 0.5) is 0 Å². The lowest BCUT2D eigenvalue weighted by atomic mass is 9.83. The van der Waals surface area contributed by atoms with Gasteiger partial charge in [-0.2, -0.15) is 0 Å². The third-order valence-electron chi connectivity index (χ3n) is 7.74. The predicted molar refractivity (Wildman–Crippen MR) is 140 cm³/mol. The summed E-state index contributed by atoms with van der Waals surface area (Å²) >= 11 is 0. The molecule has 2 fully saturated rings. The Morgan fingerprint density at radius 2 is 1.35 bits per heavy atom. The number of ether oxygens (including phenoxy) is 5. The highest BCUT2D eigenvalue weighted by molar-refractivity contribution is 5.85. The molecule has 43 heavy (non-hydrogen) atoms. The molecule has 0 amide bonds. The van der Waals surface area contributed by atoms with Gasteiger partial charge in [0.25, 0.3) is 0 Å². The number of carbonyl (C=O) groups is 2. The third-order valence-corrected chi connectivity index (χ3v) is 7.74. The highest BCUT2D eigenvalue weighted by Crippen LogP contribution is 2.36. The molecule has 2 saturated heterocycles. The van der Waals surface area contributed by atoms with E-state index in [0.717, 1.165) is 0 Å². The molecule has 2 aliphatic heterocycles. The van der Waals surface area contributed by atoms with Crippen LogP contribution in [0.1, 0.15) is 32.3 Å². The number of aliphatic hydroxyl groups excluding tert-OH is 8. The van der Waals surface area contributed by atoms with E-state index < -0.39 is 105 Å². The van der Waals surface area contributed by atoms with Gasteiger partial charge in [0.1, 0.15) is 61.2 Å². The highest BCUT2D eigenvalue weighted by atomic mass is 16.7. The van der Waals surface area contributed by atoms with E-state index >= 15 is 0 Å². The van der Waals surface area contributed by atoms with Gasteiger partial charge in [0.2, 0.25) is 6.29 Å². The molecule has 1 aromatic carbocycles. The highest BCUT2D eigenvalue weighted by Gasteiger charge is 2.54. The molecule has 0 radical (unpaired) electrons. The van der Waals surface area contributed by atoms with E-state index in [2.05, 4.69) is 0 Å². The number of aliphatic carboxylic acids is 1. The van der Waals surface area contributed by atoms with Crippen molar-refractivity contribution in [3.8, 4) is 5.75 Å². The molecule has 0 saturated carbocycles. The molecule has 9 N–H and O–H groups in total. The molecule has 1 aromatic rings. The van der Waals surface area contributed by atoms with Gasteiger partial charge in [0, 0.05) is 0 Å². The number of carboxylic acid groups (broad SMARTS) is 1. The van der Waals surface area contributed by atoms with Crippen LogP contribution in [-0.4, -0.2) is 138 Å². The fourth-order valence-corrected chi connectivity index (χ4v) is 4.81. The van der Waals surface area contributed by atoms with E-state index in [1.807, 2.05) is 0 Å². The van der Waals surface area contributed by atoms with Gasteiger partial charge in [-0.3, -0.25) is 4.79 Å². The SMILES string of the molecule is CCC(C)C(CC(=O)O)(OC1OC(CO)C(O)C(O)C1O)C(=O)OCc1ccc(OC2OC(CO)C(O)C(O)C2O)cc1. The summed E-state index contributed by atoms with van der Waals surface area (Å²) in [4.78, 5) is 25.4. The summed E-state index contributed by atoms with van der Waals surface area (Å²) in [7, 11) is 0. The van der Waals surface area contributed by atoms with E-state index in [1.165, 1.54) is 31.2 Å². The molecular formula is C27H40O16. The van der Waals surface area contributed by atoms with Crippen LogP contribution in [0.2, 0.25) is 0 Å². The van der Waals surface area contributed by atoms with Crippen molar-refractivity contribution in [2.45, 2.75) is 100 Å². The summed E-state index contributed by atoms with van der Waals surface area (Å²) in [6.45, 7) is 1.43. The van der Waals surface area contributed by atoms with Crippen molar-refractivity contribution < 1.29 is 79.2 Å². The Morgan fingerprint density at radius 3 is 1.84 bits per heavy atom. The monoisotopic (exact) mass is 620 g/mol. The minimum absolute atomic E-state index is 0.158. The van der Waals surface area contributed by atoms with Crippen LogP contribution in [0.15, 0.2) is 24.3 Å². The van der Waals surface area contributed by atoms with Crippen LogP contribution < -0.4 is 4.74 Å². The van der Waals surface area contributed by atoms with E-state index in [4.69, 9.17) is 23.7 Å². The average Bonchev–Trinajstić information content (AvgIpc) is 2.99. The normalized spacial score (nSPS) is 35.0. The predicted octanol–water partition coefficient (Wildman–Crippen LogP) is -3.02. The van der Waals surface area contributed by atoms with Crippen LogP contribution in [0.25, 0.3) is 0 Å².